The lowest BCUT2D eigenvalue weighted by Crippen LogP contribution is -2.07. The highest BCUT2D eigenvalue weighted by Gasteiger charge is 2.00. The summed E-state index contributed by atoms with van der Waals surface area (Å²) in [5.41, 5.74) is 1.28. The summed E-state index contributed by atoms with van der Waals surface area (Å²) < 4.78 is 0. The van der Waals surface area contributed by atoms with E-state index in [0.717, 1.165) is 19.4 Å². The average Bonchev–Trinajstić information content (AvgIpc) is 2.61. The van der Waals surface area contributed by atoms with Gasteiger partial charge < -0.3 is 5.32 Å². The van der Waals surface area contributed by atoms with Gasteiger partial charge >= 0.3 is 0 Å². The Morgan fingerprint density at radius 1 is 1.36 bits per heavy atom. The van der Waals surface area contributed by atoms with Crippen LogP contribution in [-0.2, 0) is 12.8 Å². The van der Waals surface area contributed by atoms with E-state index in [2.05, 4.69) is 22.6 Å². The topological polar surface area (TPSA) is 24.9 Å². The molecule has 0 atom stereocenters. The van der Waals surface area contributed by atoms with E-state index in [-0.39, 0.29) is 0 Å². The molecule has 0 saturated heterocycles. The number of hydrogen-bond donors (Lipinski definition) is 1. The van der Waals surface area contributed by atoms with Crippen LogP contribution in [0.2, 0.25) is 0 Å². The molecule has 3 heteroatoms. The SMILES string of the molecule is CCCc1csc(CCCCNC)n1. The Hall–Kier alpha value is -0.410. The van der Waals surface area contributed by atoms with E-state index in [0.29, 0.717) is 0 Å². The van der Waals surface area contributed by atoms with Crippen LogP contribution in [0.3, 0.4) is 0 Å². The molecule has 0 aliphatic rings. The van der Waals surface area contributed by atoms with Gasteiger partial charge in [0.25, 0.3) is 0 Å². The molecule has 1 rings (SSSR count). The number of nitrogens with zero attached hydrogens (tertiary/aromatic N) is 1. The molecule has 0 saturated carbocycles. The Labute approximate surface area is 90.8 Å². The van der Waals surface area contributed by atoms with Gasteiger partial charge in [0.2, 0.25) is 0 Å². The molecule has 0 aliphatic carbocycles. The quantitative estimate of drug-likeness (QED) is 0.703. The summed E-state index contributed by atoms with van der Waals surface area (Å²) in [5, 5.41) is 6.68. The highest BCUT2D eigenvalue weighted by Crippen LogP contribution is 2.13. The molecule has 0 aliphatic heterocycles. The molecule has 1 aromatic rings. The third-order valence-electron chi connectivity index (χ3n) is 2.17. The van der Waals surface area contributed by atoms with Gasteiger partial charge in [-0.3, -0.25) is 0 Å². The molecule has 0 spiro atoms. The predicted molar refractivity (Wildman–Crippen MR) is 63.0 cm³/mol. The lowest BCUT2D eigenvalue weighted by molar-refractivity contribution is 0.674. The van der Waals surface area contributed by atoms with E-state index < -0.39 is 0 Å². The highest BCUT2D eigenvalue weighted by atomic mass is 32.1. The molecule has 80 valence electrons. The second kappa shape index (κ2) is 6.96. The number of nitrogens with one attached hydrogen (secondary N) is 1. The van der Waals surface area contributed by atoms with Crippen molar-refractivity contribution >= 4 is 11.3 Å². The summed E-state index contributed by atoms with van der Waals surface area (Å²) in [6, 6.07) is 0. The lowest BCUT2D eigenvalue weighted by atomic mass is 10.2. The number of unbranched alkanes of at least 4 members (excludes halogenated alkanes) is 1. The largest absolute Gasteiger partial charge is 0.320 e. The first-order valence-electron chi connectivity index (χ1n) is 5.44. The van der Waals surface area contributed by atoms with Gasteiger partial charge in [-0.1, -0.05) is 13.3 Å². The van der Waals surface area contributed by atoms with Crippen molar-refractivity contribution in [1.29, 1.82) is 0 Å². The van der Waals surface area contributed by atoms with Gasteiger partial charge in [-0.2, -0.15) is 0 Å². The zero-order valence-corrected chi connectivity index (χ0v) is 9.99. The highest BCUT2D eigenvalue weighted by molar-refractivity contribution is 7.09. The van der Waals surface area contributed by atoms with Crippen LogP contribution in [0.15, 0.2) is 5.38 Å². The molecule has 1 N–H and O–H groups in total. The Morgan fingerprint density at radius 2 is 2.21 bits per heavy atom. The molecular formula is C11H20N2S. The molecule has 14 heavy (non-hydrogen) atoms. The minimum atomic E-state index is 1.12. The zero-order valence-electron chi connectivity index (χ0n) is 9.18. The molecule has 0 unspecified atom stereocenters. The summed E-state index contributed by atoms with van der Waals surface area (Å²) >= 11 is 1.82. The van der Waals surface area contributed by atoms with Crippen LogP contribution in [0.5, 0.6) is 0 Å². The molecule has 0 fully saturated rings. The standard InChI is InChI=1S/C11H20N2S/c1-3-6-10-9-14-11(13-10)7-4-5-8-12-2/h9,12H,3-8H2,1-2H3. The molecule has 0 bridgehead atoms. The van der Waals surface area contributed by atoms with E-state index in [1.165, 1.54) is 30.0 Å². The fraction of sp³-hybridized carbons (Fsp3) is 0.727. The van der Waals surface area contributed by atoms with E-state index in [4.69, 9.17) is 0 Å². The average molecular weight is 212 g/mol. The third kappa shape index (κ3) is 4.20. The zero-order chi connectivity index (χ0) is 10.2. The summed E-state index contributed by atoms with van der Waals surface area (Å²) in [7, 11) is 2.00. The van der Waals surface area contributed by atoms with Crippen LogP contribution in [0.4, 0.5) is 0 Å². The lowest BCUT2D eigenvalue weighted by Gasteiger charge is -1.97. The number of rotatable bonds is 7. The van der Waals surface area contributed by atoms with Crippen LogP contribution in [0.1, 0.15) is 36.9 Å². The molecule has 1 aromatic heterocycles. The molecule has 2 nitrogen and oxygen atoms in total. The third-order valence-corrected chi connectivity index (χ3v) is 3.13. The second-order valence-electron chi connectivity index (χ2n) is 3.54. The van der Waals surface area contributed by atoms with Gasteiger partial charge in [0.15, 0.2) is 0 Å². The molecule has 0 radical (unpaired) electrons. The normalized spacial score (nSPS) is 10.7. The van der Waals surface area contributed by atoms with Crippen molar-refractivity contribution in [2.75, 3.05) is 13.6 Å². The number of thiazole rings is 1. The van der Waals surface area contributed by atoms with Crippen molar-refractivity contribution in [3.05, 3.63) is 16.1 Å². The Kier molecular flexibility index (Phi) is 5.80. The summed E-state index contributed by atoms with van der Waals surface area (Å²) in [6.07, 6.45) is 5.98. The van der Waals surface area contributed by atoms with Gasteiger partial charge in [-0.25, -0.2) is 4.98 Å². The van der Waals surface area contributed by atoms with Gasteiger partial charge in [-0.05, 0) is 39.3 Å². The molecule has 0 aromatic carbocycles. The summed E-state index contributed by atoms with van der Waals surface area (Å²) in [6.45, 7) is 3.32. The van der Waals surface area contributed by atoms with E-state index in [9.17, 15) is 0 Å². The number of aryl methyl sites for hydroxylation is 2. The summed E-state index contributed by atoms with van der Waals surface area (Å²) in [5.74, 6) is 0. The second-order valence-corrected chi connectivity index (χ2v) is 4.49. The van der Waals surface area contributed by atoms with E-state index in [1.54, 1.807) is 0 Å². The van der Waals surface area contributed by atoms with Crippen LogP contribution < -0.4 is 5.32 Å². The predicted octanol–water partition coefficient (Wildman–Crippen LogP) is 2.64. The molecule has 1 heterocycles. The first kappa shape index (κ1) is 11.7. The van der Waals surface area contributed by atoms with Crippen LogP contribution >= 0.6 is 11.3 Å². The number of aromatic nitrogens is 1. The number of hydrogen-bond acceptors (Lipinski definition) is 3. The monoisotopic (exact) mass is 212 g/mol. The maximum Gasteiger partial charge on any atom is 0.0928 e. The van der Waals surface area contributed by atoms with Gasteiger partial charge in [0.1, 0.15) is 0 Å². The maximum absolute atomic E-state index is 4.60. The minimum absolute atomic E-state index is 1.12. The van der Waals surface area contributed by atoms with Gasteiger partial charge in [-0.15, -0.1) is 11.3 Å². The smallest absolute Gasteiger partial charge is 0.0928 e. The Balaban J connectivity index is 2.22. The van der Waals surface area contributed by atoms with Crippen LogP contribution in [-0.4, -0.2) is 18.6 Å². The van der Waals surface area contributed by atoms with Crippen LogP contribution in [0.25, 0.3) is 0 Å². The van der Waals surface area contributed by atoms with Crippen molar-refractivity contribution in [1.82, 2.24) is 10.3 Å². The van der Waals surface area contributed by atoms with Crippen molar-refractivity contribution in [3.8, 4) is 0 Å². The first-order chi connectivity index (χ1) is 6.86. The van der Waals surface area contributed by atoms with E-state index >= 15 is 0 Å². The van der Waals surface area contributed by atoms with Gasteiger partial charge in [0.05, 0.1) is 10.7 Å². The first-order valence-corrected chi connectivity index (χ1v) is 6.32. The van der Waals surface area contributed by atoms with Crippen molar-refractivity contribution < 1.29 is 0 Å². The fourth-order valence-corrected chi connectivity index (χ4v) is 2.29. The van der Waals surface area contributed by atoms with Crippen molar-refractivity contribution in [3.63, 3.8) is 0 Å². The Bertz CT molecular complexity index is 245. The maximum atomic E-state index is 4.60. The van der Waals surface area contributed by atoms with Gasteiger partial charge in [0, 0.05) is 5.38 Å². The minimum Gasteiger partial charge on any atom is -0.320 e. The Morgan fingerprint density at radius 3 is 2.93 bits per heavy atom. The van der Waals surface area contributed by atoms with Crippen molar-refractivity contribution in [2.45, 2.75) is 39.0 Å². The molecular weight excluding hydrogens is 192 g/mol. The van der Waals surface area contributed by atoms with Crippen LogP contribution in [0, 0.1) is 0 Å². The van der Waals surface area contributed by atoms with E-state index in [1.807, 2.05) is 18.4 Å². The van der Waals surface area contributed by atoms with Crippen molar-refractivity contribution in [2.24, 2.45) is 0 Å². The summed E-state index contributed by atoms with van der Waals surface area (Å²) in [4.78, 5) is 4.60. The fourth-order valence-electron chi connectivity index (χ4n) is 1.41. The molecule has 0 amide bonds.